The van der Waals surface area contributed by atoms with E-state index in [0.717, 1.165) is 28.2 Å². The number of methoxy groups -OCH3 is 1. The Hall–Kier alpha value is -2.63. The van der Waals surface area contributed by atoms with Gasteiger partial charge in [0.05, 0.1) is 36.0 Å². The van der Waals surface area contributed by atoms with Crippen LogP contribution >= 0.6 is 0 Å². The van der Waals surface area contributed by atoms with Gasteiger partial charge in [-0.1, -0.05) is 6.07 Å². The Morgan fingerprint density at radius 3 is 2.52 bits per heavy atom. The van der Waals surface area contributed by atoms with Gasteiger partial charge in [0.2, 0.25) is 5.91 Å². The summed E-state index contributed by atoms with van der Waals surface area (Å²) in [6.45, 7) is 8.21. The quantitative estimate of drug-likeness (QED) is 0.805. The Labute approximate surface area is 147 Å². The van der Waals surface area contributed by atoms with Crippen molar-refractivity contribution in [3.8, 4) is 0 Å². The van der Waals surface area contributed by atoms with Crippen molar-refractivity contribution in [2.75, 3.05) is 12.0 Å². The van der Waals surface area contributed by atoms with Crippen LogP contribution in [-0.4, -0.2) is 28.8 Å². The first-order chi connectivity index (χ1) is 11.7. The molecule has 132 valence electrons. The Kier molecular flexibility index (Phi) is 3.94. The highest BCUT2D eigenvalue weighted by atomic mass is 16.5. The molecule has 0 saturated heterocycles. The molecule has 2 aromatic rings. The molecular formula is C19H23N3O3. The van der Waals surface area contributed by atoms with Crippen LogP contribution in [0.1, 0.15) is 46.7 Å². The monoisotopic (exact) mass is 341 g/mol. The molecule has 0 radical (unpaired) electrons. The summed E-state index contributed by atoms with van der Waals surface area (Å²) in [6, 6.07) is 5.30. The molecule has 0 atom stereocenters. The van der Waals surface area contributed by atoms with Gasteiger partial charge < -0.3 is 9.64 Å². The third-order valence-electron chi connectivity index (χ3n) is 5.14. The number of carbonyl (C=O) groups excluding carboxylic acids is 2. The summed E-state index contributed by atoms with van der Waals surface area (Å²) >= 11 is 0. The molecule has 0 bridgehead atoms. The van der Waals surface area contributed by atoms with E-state index in [1.54, 1.807) is 17.0 Å². The van der Waals surface area contributed by atoms with E-state index in [0.29, 0.717) is 12.1 Å². The van der Waals surface area contributed by atoms with Gasteiger partial charge in [0.25, 0.3) is 0 Å². The topological polar surface area (TPSA) is 64.4 Å². The van der Waals surface area contributed by atoms with Crippen LogP contribution in [0.15, 0.2) is 18.2 Å². The number of aryl methyl sites for hydroxylation is 2. The number of fused-ring (bicyclic) bond motifs is 1. The molecule has 0 fully saturated rings. The summed E-state index contributed by atoms with van der Waals surface area (Å²) in [6.07, 6.45) is 0. The number of hydrogen-bond acceptors (Lipinski definition) is 4. The van der Waals surface area contributed by atoms with Crippen LogP contribution < -0.4 is 4.90 Å². The van der Waals surface area contributed by atoms with E-state index in [4.69, 9.17) is 4.74 Å². The number of hydrogen-bond donors (Lipinski definition) is 0. The fraction of sp³-hybridized carbons (Fsp3) is 0.421. The SMILES string of the molecule is COC(=O)c1ccc2c(c1)N(Cc1c(C)c(C)nn1C)C(=O)C2(C)C. The van der Waals surface area contributed by atoms with Crippen LogP contribution in [0.5, 0.6) is 0 Å². The second-order valence-electron chi connectivity index (χ2n) is 7.02. The van der Waals surface area contributed by atoms with Crippen molar-refractivity contribution in [1.82, 2.24) is 9.78 Å². The zero-order chi connectivity index (χ0) is 18.5. The molecule has 1 aromatic heterocycles. The molecular weight excluding hydrogens is 318 g/mol. The Morgan fingerprint density at radius 2 is 1.96 bits per heavy atom. The molecule has 6 heteroatoms. The predicted molar refractivity (Wildman–Crippen MR) is 94.7 cm³/mol. The van der Waals surface area contributed by atoms with Crippen LogP contribution in [-0.2, 0) is 28.5 Å². The summed E-state index contributed by atoms with van der Waals surface area (Å²) in [5, 5.41) is 4.43. The highest BCUT2D eigenvalue weighted by Crippen LogP contribution is 2.43. The van der Waals surface area contributed by atoms with Crippen LogP contribution in [0.2, 0.25) is 0 Å². The van der Waals surface area contributed by atoms with Crippen molar-refractivity contribution in [3.63, 3.8) is 0 Å². The van der Waals surface area contributed by atoms with Crippen molar-refractivity contribution in [3.05, 3.63) is 46.3 Å². The molecule has 0 unspecified atom stereocenters. The van der Waals surface area contributed by atoms with Gasteiger partial charge in [0.1, 0.15) is 0 Å². The Bertz CT molecular complexity index is 880. The van der Waals surface area contributed by atoms with Crippen LogP contribution in [0, 0.1) is 13.8 Å². The average Bonchev–Trinajstić information content (AvgIpc) is 2.93. The number of amides is 1. The van der Waals surface area contributed by atoms with Crippen LogP contribution in [0.4, 0.5) is 5.69 Å². The highest BCUT2D eigenvalue weighted by Gasteiger charge is 2.44. The molecule has 1 aliphatic rings. The Morgan fingerprint density at radius 1 is 1.28 bits per heavy atom. The first kappa shape index (κ1) is 17.2. The average molecular weight is 341 g/mol. The van der Waals surface area contributed by atoms with Gasteiger partial charge in [-0.3, -0.25) is 9.48 Å². The van der Waals surface area contributed by atoms with E-state index in [1.165, 1.54) is 7.11 Å². The number of aromatic nitrogens is 2. The lowest BCUT2D eigenvalue weighted by Crippen LogP contribution is -2.36. The van der Waals surface area contributed by atoms with E-state index in [1.807, 2.05) is 45.5 Å². The van der Waals surface area contributed by atoms with E-state index < -0.39 is 11.4 Å². The van der Waals surface area contributed by atoms with Crippen molar-refractivity contribution >= 4 is 17.6 Å². The fourth-order valence-electron chi connectivity index (χ4n) is 3.43. The molecule has 0 N–H and O–H groups in total. The first-order valence-corrected chi connectivity index (χ1v) is 8.22. The largest absolute Gasteiger partial charge is 0.465 e. The molecule has 2 heterocycles. The third kappa shape index (κ3) is 2.52. The minimum absolute atomic E-state index is 0.0165. The zero-order valence-electron chi connectivity index (χ0n) is 15.5. The summed E-state index contributed by atoms with van der Waals surface area (Å²) in [7, 11) is 3.23. The molecule has 1 aliphatic heterocycles. The van der Waals surface area contributed by atoms with Crippen molar-refractivity contribution in [1.29, 1.82) is 0 Å². The lowest BCUT2D eigenvalue weighted by Gasteiger charge is -2.21. The van der Waals surface area contributed by atoms with Gasteiger partial charge in [0.15, 0.2) is 0 Å². The molecule has 25 heavy (non-hydrogen) atoms. The molecule has 0 spiro atoms. The summed E-state index contributed by atoms with van der Waals surface area (Å²) in [5.74, 6) is -0.393. The first-order valence-electron chi connectivity index (χ1n) is 8.22. The van der Waals surface area contributed by atoms with Gasteiger partial charge >= 0.3 is 5.97 Å². The number of rotatable bonds is 3. The Balaban J connectivity index is 2.10. The fourth-order valence-corrected chi connectivity index (χ4v) is 3.43. The van der Waals surface area contributed by atoms with Gasteiger partial charge in [-0.25, -0.2) is 4.79 Å². The van der Waals surface area contributed by atoms with Gasteiger partial charge in [0, 0.05) is 12.7 Å². The summed E-state index contributed by atoms with van der Waals surface area (Å²) in [4.78, 5) is 26.7. The molecule has 1 aromatic carbocycles. The summed E-state index contributed by atoms with van der Waals surface area (Å²) in [5.41, 5.74) is 4.49. The lowest BCUT2D eigenvalue weighted by atomic mass is 9.86. The molecule has 0 saturated carbocycles. The number of nitrogens with zero attached hydrogens (tertiary/aromatic N) is 3. The maximum Gasteiger partial charge on any atom is 0.337 e. The number of carbonyl (C=O) groups is 2. The summed E-state index contributed by atoms with van der Waals surface area (Å²) < 4.78 is 6.63. The zero-order valence-corrected chi connectivity index (χ0v) is 15.5. The third-order valence-corrected chi connectivity index (χ3v) is 5.14. The second-order valence-corrected chi connectivity index (χ2v) is 7.02. The number of benzene rings is 1. The standard InChI is InChI=1S/C19H23N3O3/c1-11-12(2)20-21(5)16(11)10-22-15-9-13(17(23)25-6)7-8-14(15)19(3,4)18(22)24/h7-9H,10H2,1-6H3. The maximum atomic E-state index is 13.0. The lowest BCUT2D eigenvalue weighted by molar-refractivity contribution is -0.122. The molecule has 0 aliphatic carbocycles. The van der Waals surface area contributed by atoms with E-state index in [2.05, 4.69) is 5.10 Å². The van der Waals surface area contributed by atoms with Gasteiger partial charge in [-0.2, -0.15) is 5.10 Å². The molecule has 6 nitrogen and oxygen atoms in total. The normalized spacial score (nSPS) is 15.4. The highest BCUT2D eigenvalue weighted by molar-refractivity contribution is 6.08. The maximum absolute atomic E-state index is 13.0. The second kappa shape index (κ2) is 5.72. The van der Waals surface area contributed by atoms with Crippen LogP contribution in [0.25, 0.3) is 0 Å². The number of anilines is 1. The smallest absolute Gasteiger partial charge is 0.337 e. The number of ether oxygens (including phenoxy) is 1. The van der Waals surface area contributed by atoms with E-state index in [9.17, 15) is 9.59 Å². The van der Waals surface area contributed by atoms with Gasteiger partial charge in [-0.05, 0) is 51.0 Å². The molecule has 3 rings (SSSR count). The minimum atomic E-state index is -0.633. The van der Waals surface area contributed by atoms with Gasteiger partial charge in [-0.15, -0.1) is 0 Å². The number of esters is 1. The van der Waals surface area contributed by atoms with E-state index in [-0.39, 0.29) is 5.91 Å². The van der Waals surface area contributed by atoms with Crippen molar-refractivity contribution in [2.24, 2.45) is 7.05 Å². The van der Waals surface area contributed by atoms with Crippen molar-refractivity contribution < 1.29 is 14.3 Å². The van der Waals surface area contributed by atoms with E-state index >= 15 is 0 Å². The predicted octanol–water partition coefficient (Wildman–Crippen LogP) is 2.65. The van der Waals surface area contributed by atoms with Crippen molar-refractivity contribution in [2.45, 2.75) is 39.7 Å². The molecule has 1 amide bonds. The van der Waals surface area contributed by atoms with Crippen LogP contribution in [0.3, 0.4) is 0 Å². The minimum Gasteiger partial charge on any atom is -0.465 e.